The number of Topliss-reactive ketones (excluding diaryl/α,β-unsaturated/α-hetero) is 1. The van der Waals surface area contributed by atoms with E-state index in [-0.39, 0.29) is 18.1 Å². The second-order valence-electron chi connectivity index (χ2n) is 7.88. The summed E-state index contributed by atoms with van der Waals surface area (Å²) in [5.74, 6) is -0.478. The number of nitrogens with zero attached hydrogens (tertiary/aromatic N) is 2. The molecule has 0 fully saturated rings. The first-order valence-electron chi connectivity index (χ1n) is 10.8. The molecule has 0 saturated heterocycles. The van der Waals surface area contributed by atoms with E-state index in [1.165, 1.54) is 0 Å². The highest BCUT2D eigenvalue weighted by atomic mass is 35.5. The highest BCUT2D eigenvalue weighted by molar-refractivity contribution is 6.30. The van der Waals surface area contributed by atoms with E-state index in [1.54, 1.807) is 41.1 Å². The van der Waals surface area contributed by atoms with Crippen LogP contribution in [-0.4, -0.2) is 27.5 Å². The Morgan fingerprint density at radius 1 is 0.824 bits per heavy atom. The Bertz CT molecular complexity index is 1510. The second kappa shape index (κ2) is 9.06. The zero-order valence-corrected chi connectivity index (χ0v) is 18.9. The van der Waals surface area contributed by atoms with Gasteiger partial charge in [0.15, 0.2) is 5.78 Å². The van der Waals surface area contributed by atoms with Crippen molar-refractivity contribution in [2.75, 3.05) is 6.54 Å². The van der Waals surface area contributed by atoms with Gasteiger partial charge in [-0.2, -0.15) is 0 Å². The Hall–Kier alpha value is -4.06. The van der Waals surface area contributed by atoms with Crippen LogP contribution in [0.15, 0.2) is 97.3 Å². The third kappa shape index (κ3) is 4.03. The Kier molecular flexibility index (Phi) is 5.80. The lowest BCUT2D eigenvalue weighted by Crippen LogP contribution is -2.13. The molecule has 0 aliphatic rings. The number of aromatic nitrogens is 2. The minimum atomic E-state index is -0.246. The first-order chi connectivity index (χ1) is 16.5. The van der Waals surface area contributed by atoms with Crippen molar-refractivity contribution in [2.24, 2.45) is 5.73 Å². The zero-order valence-electron chi connectivity index (χ0n) is 18.1. The van der Waals surface area contributed by atoms with Crippen molar-refractivity contribution in [2.45, 2.75) is 0 Å². The topological polar surface area (TPSA) is 77.5 Å². The van der Waals surface area contributed by atoms with Crippen LogP contribution in [0.2, 0.25) is 5.02 Å². The lowest BCUT2D eigenvalue weighted by Gasteiger charge is -2.07. The molecule has 5 aromatic rings. The lowest BCUT2D eigenvalue weighted by atomic mass is 10.0. The van der Waals surface area contributed by atoms with E-state index in [4.69, 9.17) is 17.3 Å². The molecule has 0 aliphatic heterocycles. The molecule has 3 aromatic carbocycles. The molecule has 0 spiro atoms. The van der Waals surface area contributed by atoms with Crippen LogP contribution in [0.1, 0.15) is 26.4 Å². The molecule has 0 aliphatic carbocycles. The predicted molar refractivity (Wildman–Crippen MR) is 134 cm³/mol. The fraction of sp³-hybridized carbons (Fsp3) is 0.0357. The molecule has 2 N–H and O–H groups in total. The summed E-state index contributed by atoms with van der Waals surface area (Å²) in [6.45, 7) is -0.155. The molecule has 0 radical (unpaired) electrons. The maximum atomic E-state index is 13.2. The second-order valence-corrected chi connectivity index (χ2v) is 8.32. The van der Waals surface area contributed by atoms with Crippen molar-refractivity contribution in [3.05, 3.63) is 119 Å². The van der Waals surface area contributed by atoms with Gasteiger partial charge in [-0.15, -0.1) is 0 Å². The van der Waals surface area contributed by atoms with Gasteiger partial charge in [-0.1, -0.05) is 66.2 Å². The van der Waals surface area contributed by atoms with Gasteiger partial charge in [0.25, 0.3) is 0 Å². The van der Waals surface area contributed by atoms with E-state index in [0.29, 0.717) is 33.1 Å². The maximum Gasteiger partial charge on any atom is 0.209 e. The smallest absolute Gasteiger partial charge is 0.209 e. The Balaban J connectivity index is 1.57. The predicted octanol–water partition coefficient (Wildman–Crippen LogP) is 5.69. The zero-order chi connectivity index (χ0) is 23.7. The third-order valence-electron chi connectivity index (χ3n) is 5.77. The lowest BCUT2D eigenvalue weighted by molar-refractivity contribution is 0.100. The maximum absolute atomic E-state index is 13.2. The van der Waals surface area contributed by atoms with E-state index in [9.17, 15) is 9.59 Å². The van der Waals surface area contributed by atoms with Gasteiger partial charge in [0.05, 0.1) is 23.4 Å². The number of benzene rings is 3. The summed E-state index contributed by atoms with van der Waals surface area (Å²) in [6.07, 6.45) is 1.58. The molecule has 2 aromatic heterocycles. The van der Waals surface area contributed by atoms with Crippen LogP contribution in [0.4, 0.5) is 0 Å². The molecule has 0 saturated carbocycles. The van der Waals surface area contributed by atoms with Crippen LogP contribution >= 0.6 is 11.6 Å². The average molecular weight is 466 g/mol. The van der Waals surface area contributed by atoms with Gasteiger partial charge in [0.1, 0.15) is 6.33 Å². The number of rotatable bonds is 6. The van der Waals surface area contributed by atoms with Crippen molar-refractivity contribution in [3.8, 4) is 22.4 Å². The molecule has 34 heavy (non-hydrogen) atoms. The van der Waals surface area contributed by atoms with Crippen molar-refractivity contribution in [1.29, 1.82) is 0 Å². The number of carbonyl (C=O) groups is 2. The molecular weight excluding hydrogens is 446 g/mol. The van der Waals surface area contributed by atoms with Gasteiger partial charge in [-0.05, 0) is 47.5 Å². The summed E-state index contributed by atoms with van der Waals surface area (Å²) < 4.78 is 1.64. The molecule has 6 heteroatoms. The largest absolute Gasteiger partial charge is 0.324 e. The molecule has 5 nitrogen and oxygen atoms in total. The van der Waals surface area contributed by atoms with Gasteiger partial charge in [0.2, 0.25) is 5.78 Å². The highest BCUT2D eigenvalue weighted by Crippen LogP contribution is 2.27. The van der Waals surface area contributed by atoms with E-state index in [2.05, 4.69) is 17.1 Å². The number of hydrogen-bond donors (Lipinski definition) is 1. The first-order valence-corrected chi connectivity index (χ1v) is 11.1. The molecule has 0 atom stereocenters. The fourth-order valence-electron chi connectivity index (χ4n) is 3.98. The molecule has 0 bridgehead atoms. The summed E-state index contributed by atoms with van der Waals surface area (Å²) in [4.78, 5) is 30.4. The SMILES string of the molecule is NCC(=O)c1cc(C(=O)c2ccc(Cl)cc2)n2cnc(-c3ccc(-c4ccccc4)cc3)cc12. The van der Waals surface area contributed by atoms with Gasteiger partial charge < -0.3 is 5.73 Å². The Morgan fingerprint density at radius 3 is 2.15 bits per heavy atom. The van der Waals surface area contributed by atoms with Crippen LogP contribution in [0.5, 0.6) is 0 Å². The average Bonchev–Trinajstić information content (AvgIpc) is 3.28. The Morgan fingerprint density at radius 2 is 1.47 bits per heavy atom. The quantitative estimate of drug-likeness (QED) is 0.326. The van der Waals surface area contributed by atoms with Crippen LogP contribution in [0.25, 0.3) is 27.9 Å². The van der Waals surface area contributed by atoms with Crippen LogP contribution in [-0.2, 0) is 0 Å². The Labute approximate surface area is 201 Å². The summed E-state index contributed by atoms with van der Waals surface area (Å²) in [7, 11) is 0. The van der Waals surface area contributed by atoms with Crippen LogP contribution < -0.4 is 5.73 Å². The molecular formula is C28H20ClN3O2. The van der Waals surface area contributed by atoms with Gasteiger partial charge in [0, 0.05) is 21.7 Å². The number of halogens is 1. The summed E-state index contributed by atoms with van der Waals surface area (Å²) in [6, 6.07) is 28.2. The first kappa shape index (κ1) is 21.8. The minimum absolute atomic E-state index is 0.155. The van der Waals surface area contributed by atoms with Crippen LogP contribution in [0.3, 0.4) is 0 Å². The molecule has 166 valence electrons. The number of nitrogens with two attached hydrogens (primary N) is 1. The third-order valence-corrected chi connectivity index (χ3v) is 6.03. The van der Waals surface area contributed by atoms with E-state index in [0.717, 1.165) is 16.7 Å². The number of hydrogen-bond acceptors (Lipinski definition) is 4. The number of carbonyl (C=O) groups excluding carboxylic acids is 2. The highest BCUT2D eigenvalue weighted by Gasteiger charge is 2.21. The molecule has 5 rings (SSSR count). The van der Waals surface area contributed by atoms with Crippen molar-refractivity contribution >= 4 is 28.7 Å². The van der Waals surface area contributed by atoms with E-state index < -0.39 is 0 Å². The monoisotopic (exact) mass is 465 g/mol. The standard InChI is InChI=1S/C28H20ClN3O2/c29-22-12-10-21(11-13-22)28(34)26-14-23(27(33)16-30)25-15-24(31-17-32(25)26)20-8-6-19(7-9-20)18-4-2-1-3-5-18/h1-15,17H,16,30H2. The normalized spacial score (nSPS) is 11.0. The van der Waals surface area contributed by atoms with E-state index in [1.807, 2.05) is 48.5 Å². The van der Waals surface area contributed by atoms with Gasteiger partial charge in [-0.25, -0.2) is 4.98 Å². The summed E-state index contributed by atoms with van der Waals surface area (Å²) >= 11 is 5.96. The van der Waals surface area contributed by atoms with Gasteiger partial charge in [-0.3, -0.25) is 14.0 Å². The van der Waals surface area contributed by atoms with Gasteiger partial charge >= 0.3 is 0 Å². The van der Waals surface area contributed by atoms with Crippen LogP contribution in [0, 0.1) is 0 Å². The van der Waals surface area contributed by atoms with E-state index >= 15 is 0 Å². The number of ketones is 2. The van der Waals surface area contributed by atoms with Crippen molar-refractivity contribution < 1.29 is 9.59 Å². The molecule has 0 unspecified atom stereocenters. The van der Waals surface area contributed by atoms with Crippen molar-refractivity contribution in [1.82, 2.24) is 9.38 Å². The minimum Gasteiger partial charge on any atom is -0.324 e. The molecule has 0 amide bonds. The number of fused-ring (bicyclic) bond motifs is 1. The summed E-state index contributed by atoms with van der Waals surface area (Å²) in [5, 5.41) is 0.542. The van der Waals surface area contributed by atoms with Crippen molar-refractivity contribution in [3.63, 3.8) is 0 Å². The fourth-order valence-corrected chi connectivity index (χ4v) is 4.10. The molecule has 2 heterocycles. The summed E-state index contributed by atoms with van der Waals surface area (Å²) in [5.41, 5.74) is 11.3.